The lowest BCUT2D eigenvalue weighted by Gasteiger charge is -2.30. The monoisotopic (exact) mass is 535 g/mol. The summed E-state index contributed by atoms with van der Waals surface area (Å²) in [6, 6.07) is 24.7. The molecule has 2 nitrogen and oxygen atoms in total. The highest BCUT2D eigenvalue weighted by Gasteiger charge is 2.26. The van der Waals surface area contributed by atoms with Gasteiger partial charge in [0, 0.05) is 39.7 Å². The van der Waals surface area contributed by atoms with E-state index in [-0.39, 0.29) is 5.78 Å². The molecule has 1 saturated heterocycles. The third kappa shape index (κ3) is 5.91. The van der Waals surface area contributed by atoms with Gasteiger partial charge in [0.1, 0.15) is 0 Å². The van der Waals surface area contributed by atoms with Crippen molar-refractivity contribution in [1.29, 1.82) is 0 Å². The van der Waals surface area contributed by atoms with Gasteiger partial charge in [-0.25, -0.2) is 0 Å². The van der Waals surface area contributed by atoms with Gasteiger partial charge in [-0.1, -0.05) is 86.0 Å². The van der Waals surface area contributed by atoms with Crippen molar-refractivity contribution in [3.63, 3.8) is 0 Å². The zero-order chi connectivity index (χ0) is 21.8. The number of Topliss-reactive ketones (excluding diaryl/α,β-unsaturated/α-hetero) is 1. The Morgan fingerprint density at radius 2 is 1.32 bits per heavy atom. The number of ketones is 1. The van der Waals surface area contributed by atoms with Crippen molar-refractivity contribution in [1.82, 2.24) is 4.90 Å². The summed E-state index contributed by atoms with van der Waals surface area (Å²) >= 11 is 6.96. The van der Waals surface area contributed by atoms with Crippen LogP contribution in [-0.4, -0.2) is 23.8 Å². The van der Waals surface area contributed by atoms with E-state index in [1.54, 1.807) is 0 Å². The molecule has 4 heteroatoms. The van der Waals surface area contributed by atoms with Crippen molar-refractivity contribution in [2.75, 3.05) is 13.1 Å². The predicted molar refractivity (Wildman–Crippen MR) is 136 cm³/mol. The van der Waals surface area contributed by atoms with Crippen LogP contribution in [0.3, 0.4) is 0 Å². The summed E-state index contributed by atoms with van der Waals surface area (Å²) in [4.78, 5) is 15.7. The van der Waals surface area contributed by atoms with Crippen LogP contribution in [0.1, 0.15) is 22.3 Å². The molecule has 1 aliphatic rings. The van der Waals surface area contributed by atoms with Gasteiger partial charge >= 0.3 is 0 Å². The topological polar surface area (TPSA) is 20.3 Å². The van der Waals surface area contributed by atoms with Crippen LogP contribution in [-0.2, 0) is 11.3 Å². The van der Waals surface area contributed by atoms with Crippen LogP contribution in [0.25, 0.3) is 12.2 Å². The van der Waals surface area contributed by atoms with E-state index in [0.29, 0.717) is 13.1 Å². The number of benzene rings is 3. The molecule has 31 heavy (non-hydrogen) atoms. The second kappa shape index (κ2) is 9.90. The molecule has 0 N–H and O–H groups in total. The molecule has 0 aromatic heterocycles. The van der Waals surface area contributed by atoms with Crippen LogP contribution in [0.4, 0.5) is 0 Å². The number of likely N-dealkylation sites (tertiary alicyclic amines) is 1. The lowest BCUT2D eigenvalue weighted by Crippen LogP contribution is -2.37. The minimum atomic E-state index is 0.131. The summed E-state index contributed by atoms with van der Waals surface area (Å²) in [5.74, 6) is 0.131. The van der Waals surface area contributed by atoms with Crippen molar-refractivity contribution < 1.29 is 4.79 Å². The fourth-order valence-electron chi connectivity index (χ4n) is 3.81. The van der Waals surface area contributed by atoms with Crippen LogP contribution in [0.2, 0.25) is 0 Å². The standard InChI is InChI=1S/C27H23Br2NO/c1-19-3-2-4-22(13-19)16-30-17-23(14-20-5-9-25(28)10-6-20)27(31)24(18-30)15-21-7-11-26(29)12-8-21/h2-15H,16-18H2,1H3/b23-14+,24-15+. The fourth-order valence-corrected chi connectivity index (χ4v) is 4.34. The summed E-state index contributed by atoms with van der Waals surface area (Å²) in [6.45, 7) is 4.20. The van der Waals surface area contributed by atoms with Gasteiger partial charge in [0.2, 0.25) is 0 Å². The average molecular weight is 537 g/mol. The van der Waals surface area contributed by atoms with E-state index in [9.17, 15) is 4.79 Å². The number of nitrogens with zero attached hydrogens (tertiary/aromatic N) is 1. The van der Waals surface area contributed by atoms with E-state index in [1.807, 2.05) is 60.7 Å². The van der Waals surface area contributed by atoms with Crippen LogP contribution in [0.5, 0.6) is 0 Å². The Morgan fingerprint density at radius 1 is 0.806 bits per heavy atom. The van der Waals surface area contributed by atoms with Gasteiger partial charge in [-0.2, -0.15) is 0 Å². The lowest BCUT2D eigenvalue weighted by molar-refractivity contribution is -0.113. The normalized spacial score (nSPS) is 17.5. The largest absolute Gasteiger partial charge is 0.290 e. The third-order valence-electron chi connectivity index (χ3n) is 5.28. The maximum atomic E-state index is 13.3. The minimum Gasteiger partial charge on any atom is -0.290 e. The Balaban J connectivity index is 1.67. The Hall–Kier alpha value is -2.27. The number of halogens is 2. The van der Waals surface area contributed by atoms with Crippen LogP contribution >= 0.6 is 31.9 Å². The highest BCUT2D eigenvalue weighted by molar-refractivity contribution is 9.10. The van der Waals surface area contributed by atoms with Crippen LogP contribution < -0.4 is 0 Å². The molecule has 156 valence electrons. The first-order valence-corrected chi connectivity index (χ1v) is 11.8. The molecular weight excluding hydrogens is 514 g/mol. The Bertz CT molecular complexity index is 1080. The molecule has 0 bridgehead atoms. The van der Waals surface area contributed by atoms with Crippen molar-refractivity contribution in [3.05, 3.63) is 115 Å². The second-order valence-electron chi connectivity index (χ2n) is 7.91. The highest BCUT2D eigenvalue weighted by atomic mass is 79.9. The Morgan fingerprint density at radius 3 is 1.81 bits per heavy atom. The number of hydrogen-bond acceptors (Lipinski definition) is 2. The van der Waals surface area contributed by atoms with Gasteiger partial charge in [0.25, 0.3) is 0 Å². The number of hydrogen-bond donors (Lipinski definition) is 0. The van der Waals surface area contributed by atoms with Gasteiger partial charge in [-0.15, -0.1) is 0 Å². The van der Waals surface area contributed by atoms with Crippen LogP contribution in [0.15, 0.2) is 92.9 Å². The molecule has 1 aliphatic heterocycles. The number of carbonyl (C=O) groups excluding carboxylic acids is 1. The smallest absolute Gasteiger partial charge is 0.187 e. The average Bonchev–Trinajstić information content (AvgIpc) is 2.74. The maximum absolute atomic E-state index is 13.3. The van der Waals surface area contributed by atoms with Crippen molar-refractivity contribution in [3.8, 4) is 0 Å². The molecule has 0 atom stereocenters. The summed E-state index contributed by atoms with van der Waals surface area (Å²) in [5, 5.41) is 0. The Labute approximate surface area is 200 Å². The molecule has 0 radical (unpaired) electrons. The minimum absolute atomic E-state index is 0.131. The zero-order valence-electron chi connectivity index (χ0n) is 17.3. The molecule has 1 fully saturated rings. The molecular formula is C27H23Br2NO. The molecule has 3 aromatic carbocycles. The van der Waals surface area contributed by atoms with Crippen molar-refractivity contribution in [2.45, 2.75) is 13.5 Å². The van der Waals surface area contributed by atoms with E-state index in [0.717, 1.165) is 37.8 Å². The first kappa shape index (κ1) is 21.9. The maximum Gasteiger partial charge on any atom is 0.187 e. The number of aryl methyl sites for hydroxylation is 1. The van der Waals surface area contributed by atoms with Gasteiger partial charge in [-0.05, 0) is 60.0 Å². The zero-order valence-corrected chi connectivity index (χ0v) is 20.5. The first-order chi connectivity index (χ1) is 15.0. The van der Waals surface area contributed by atoms with Crippen molar-refractivity contribution in [2.24, 2.45) is 0 Å². The molecule has 0 unspecified atom stereocenters. The SMILES string of the molecule is Cc1cccc(CN2C/C(=C\c3ccc(Br)cc3)C(=O)/C(=C/c3ccc(Br)cc3)C2)c1. The van der Waals surface area contributed by atoms with Gasteiger partial charge in [0.05, 0.1) is 0 Å². The lowest BCUT2D eigenvalue weighted by atomic mass is 9.94. The van der Waals surface area contributed by atoms with E-state index >= 15 is 0 Å². The summed E-state index contributed by atoms with van der Waals surface area (Å²) in [7, 11) is 0. The third-order valence-corrected chi connectivity index (χ3v) is 6.34. The summed E-state index contributed by atoms with van der Waals surface area (Å²) in [5.41, 5.74) is 6.23. The van der Waals surface area contributed by atoms with Gasteiger partial charge in [0.15, 0.2) is 5.78 Å². The second-order valence-corrected chi connectivity index (χ2v) is 9.74. The number of carbonyl (C=O) groups is 1. The summed E-state index contributed by atoms with van der Waals surface area (Å²) in [6.07, 6.45) is 4.04. The van der Waals surface area contributed by atoms with Gasteiger partial charge in [-0.3, -0.25) is 9.69 Å². The highest BCUT2D eigenvalue weighted by Crippen LogP contribution is 2.25. The van der Waals surface area contributed by atoms with E-state index < -0.39 is 0 Å². The number of rotatable bonds is 4. The predicted octanol–water partition coefficient (Wildman–Crippen LogP) is 7.07. The molecule has 4 rings (SSSR count). The van der Waals surface area contributed by atoms with E-state index in [1.165, 1.54) is 11.1 Å². The van der Waals surface area contributed by atoms with Crippen molar-refractivity contribution >= 4 is 49.8 Å². The molecule has 1 heterocycles. The first-order valence-electron chi connectivity index (χ1n) is 10.2. The quantitative estimate of drug-likeness (QED) is 0.332. The molecule has 3 aromatic rings. The van der Waals surface area contributed by atoms with Gasteiger partial charge < -0.3 is 0 Å². The molecule has 0 aliphatic carbocycles. The fraction of sp³-hybridized carbons (Fsp3) is 0.148. The molecule has 0 spiro atoms. The Kier molecular flexibility index (Phi) is 7.01. The number of piperidine rings is 1. The molecule has 0 saturated carbocycles. The molecule has 0 amide bonds. The van der Waals surface area contributed by atoms with E-state index in [4.69, 9.17) is 0 Å². The summed E-state index contributed by atoms with van der Waals surface area (Å²) < 4.78 is 2.06. The van der Waals surface area contributed by atoms with Crippen LogP contribution in [0, 0.1) is 6.92 Å². The van der Waals surface area contributed by atoms with E-state index in [2.05, 4.69) is 67.9 Å².